The molecule has 0 saturated heterocycles. The van der Waals surface area contributed by atoms with Crippen LogP contribution in [-0.4, -0.2) is 21.7 Å². The van der Waals surface area contributed by atoms with Crippen molar-refractivity contribution in [2.75, 3.05) is 0 Å². The standard InChI is InChI=1S/C12H20N2O/c1-9(11-5-7-13-8-6-11)14-10(2)12(3,4)15/h5-10,14-15H,1-4H3/t9-,10?/m0/s1. The summed E-state index contributed by atoms with van der Waals surface area (Å²) >= 11 is 0. The fourth-order valence-electron chi connectivity index (χ4n) is 1.33. The first-order valence-electron chi connectivity index (χ1n) is 5.29. The molecule has 84 valence electrons. The Morgan fingerprint density at radius 2 is 1.80 bits per heavy atom. The molecule has 3 heteroatoms. The first-order chi connectivity index (χ1) is 6.91. The Morgan fingerprint density at radius 3 is 2.27 bits per heavy atom. The molecule has 0 aliphatic carbocycles. The van der Waals surface area contributed by atoms with E-state index >= 15 is 0 Å². The Hall–Kier alpha value is -0.930. The first-order valence-corrected chi connectivity index (χ1v) is 5.29. The smallest absolute Gasteiger partial charge is 0.0741 e. The van der Waals surface area contributed by atoms with E-state index in [0.29, 0.717) is 0 Å². The van der Waals surface area contributed by atoms with Crippen LogP contribution in [0.1, 0.15) is 39.3 Å². The monoisotopic (exact) mass is 208 g/mol. The minimum atomic E-state index is -0.707. The zero-order valence-electron chi connectivity index (χ0n) is 9.86. The Bertz CT molecular complexity index is 292. The maximum atomic E-state index is 9.81. The Kier molecular flexibility index (Phi) is 3.83. The van der Waals surface area contributed by atoms with Gasteiger partial charge in [-0.2, -0.15) is 0 Å². The van der Waals surface area contributed by atoms with Crippen LogP contribution < -0.4 is 5.32 Å². The van der Waals surface area contributed by atoms with E-state index in [1.165, 1.54) is 5.56 Å². The lowest BCUT2D eigenvalue weighted by Crippen LogP contribution is -2.45. The van der Waals surface area contributed by atoms with Crippen LogP contribution in [0.25, 0.3) is 0 Å². The van der Waals surface area contributed by atoms with E-state index in [-0.39, 0.29) is 12.1 Å². The number of pyridine rings is 1. The largest absolute Gasteiger partial charge is 0.389 e. The van der Waals surface area contributed by atoms with Crippen molar-refractivity contribution in [2.24, 2.45) is 0 Å². The molecule has 0 amide bonds. The van der Waals surface area contributed by atoms with Crippen LogP contribution in [0.2, 0.25) is 0 Å². The number of nitrogens with zero attached hydrogens (tertiary/aromatic N) is 1. The van der Waals surface area contributed by atoms with Crippen molar-refractivity contribution >= 4 is 0 Å². The molecule has 3 nitrogen and oxygen atoms in total. The number of hydrogen-bond acceptors (Lipinski definition) is 3. The summed E-state index contributed by atoms with van der Waals surface area (Å²) < 4.78 is 0. The summed E-state index contributed by atoms with van der Waals surface area (Å²) in [5, 5.41) is 13.2. The highest BCUT2D eigenvalue weighted by molar-refractivity contribution is 5.14. The van der Waals surface area contributed by atoms with E-state index in [1.54, 1.807) is 12.4 Å². The van der Waals surface area contributed by atoms with E-state index in [4.69, 9.17) is 0 Å². The third-order valence-electron chi connectivity index (χ3n) is 2.77. The molecule has 0 aliphatic heterocycles. The summed E-state index contributed by atoms with van der Waals surface area (Å²) in [5.41, 5.74) is 0.475. The Balaban J connectivity index is 2.61. The van der Waals surface area contributed by atoms with E-state index in [2.05, 4.69) is 17.2 Å². The van der Waals surface area contributed by atoms with Gasteiger partial charge in [-0.15, -0.1) is 0 Å². The van der Waals surface area contributed by atoms with Crippen LogP contribution in [-0.2, 0) is 0 Å². The van der Waals surface area contributed by atoms with E-state index in [9.17, 15) is 5.11 Å². The van der Waals surface area contributed by atoms with Crippen LogP contribution in [0.3, 0.4) is 0 Å². The van der Waals surface area contributed by atoms with Gasteiger partial charge in [0.25, 0.3) is 0 Å². The fourth-order valence-corrected chi connectivity index (χ4v) is 1.33. The normalized spacial score (nSPS) is 16.1. The lowest BCUT2D eigenvalue weighted by atomic mass is 9.99. The average molecular weight is 208 g/mol. The van der Waals surface area contributed by atoms with Gasteiger partial charge in [-0.3, -0.25) is 4.98 Å². The van der Waals surface area contributed by atoms with Crippen molar-refractivity contribution in [3.05, 3.63) is 30.1 Å². The zero-order valence-corrected chi connectivity index (χ0v) is 9.86. The minimum absolute atomic E-state index is 0.0423. The van der Waals surface area contributed by atoms with Gasteiger partial charge in [0.05, 0.1) is 5.60 Å². The maximum absolute atomic E-state index is 9.81. The third kappa shape index (κ3) is 3.61. The second-order valence-electron chi connectivity index (χ2n) is 4.54. The van der Waals surface area contributed by atoms with Gasteiger partial charge in [-0.25, -0.2) is 0 Å². The first kappa shape index (κ1) is 12.1. The van der Waals surface area contributed by atoms with Gasteiger partial charge in [0.2, 0.25) is 0 Å². The molecule has 1 heterocycles. The molecule has 0 saturated carbocycles. The highest BCUT2D eigenvalue weighted by Gasteiger charge is 2.23. The summed E-state index contributed by atoms with van der Waals surface area (Å²) in [4.78, 5) is 3.98. The van der Waals surface area contributed by atoms with Gasteiger partial charge < -0.3 is 10.4 Å². The second-order valence-corrected chi connectivity index (χ2v) is 4.54. The molecule has 0 spiro atoms. The molecule has 2 atom stereocenters. The molecule has 0 aliphatic rings. The number of aromatic nitrogens is 1. The van der Waals surface area contributed by atoms with E-state index in [0.717, 1.165) is 0 Å². The molecular formula is C12H20N2O. The van der Waals surface area contributed by atoms with Crippen molar-refractivity contribution in [3.63, 3.8) is 0 Å². The Labute approximate surface area is 91.5 Å². The zero-order chi connectivity index (χ0) is 11.5. The number of nitrogens with one attached hydrogen (secondary N) is 1. The molecule has 2 N–H and O–H groups in total. The topological polar surface area (TPSA) is 45.2 Å². The highest BCUT2D eigenvalue weighted by atomic mass is 16.3. The Morgan fingerprint density at radius 1 is 1.27 bits per heavy atom. The molecule has 0 bridgehead atoms. The minimum Gasteiger partial charge on any atom is -0.389 e. The molecule has 1 aromatic rings. The average Bonchev–Trinajstić information content (AvgIpc) is 2.17. The molecular weight excluding hydrogens is 188 g/mol. The number of aliphatic hydroxyl groups is 1. The molecule has 1 aromatic heterocycles. The summed E-state index contributed by atoms with van der Waals surface area (Å²) in [6, 6.07) is 4.22. The van der Waals surface area contributed by atoms with E-state index in [1.807, 2.05) is 32.9 Å². The summed E-state index contributed by atoms with van der Waals surface area (Å²) in [6.45, 7) is 7.68. The van der Waals surface area contributed by atoms with Crippen LogP contribution in [0.5, 0.6) is 0 Å². The molecule has 15 heavy (non-hydrogen) atoms. The highest BCUT2D eigenvalue weighted by Crippen LogP contribution is 2.15. The molecule has 0 aromatic carbocycles. The van der Waals surface area contributed by atoms with Gasteiger partial charge in [0.15, 0.2) is 0 Å². The van der Waals surface area contributed by atoms with Crippen molar-refractivity contribution in [2.45, 2.75) is 45.4 Å². The predicted octanol–water partition coefficient (Wildman–Crippen LogP) is 1.89. The lowest BCUT2D eigenvalue weighted by molar-refractivity contribution is 0.0405. The summed E-state index contributed by atoms with van der Waals surface area (Å²) in [7, 11) is 0. The predicted molar refractivity (Wildman–Crippen MR) is 61.5 cm³/mol. The summed E-state index contributed by atoms with van der Waals surface area (Å²) in [6.07, 6.45) is 3.56. The maximum Gasteiger partial charge on any atom is 0.0741 e. The van der Waals surface area contributed by atoms with Crippen LogP contribution in [0.15, 0.2) is 24.5 Å². The number of hydrogen-bond donors (Lipinski definition) is 2. The van der Waals surface area contributed by atoms with Gasteiger partial charge in [-0.1, -0.05) is 0 Å². The van der Waals surface area contributed by atoms with Gasteiger partial charge in [0, 0.05) is 24.5 Å². The van der Waals surface area contributed by atoms with Crippen molar-refractivity contribution < 1.29 is 5.11 Å². The van der Waals surface area contributed by atoms with Gasteiger partial charge >= 0.3 is 0 Å². The second kappa shape index (κ2) is 4.73. The van der Waals surface area contributed by atoms with Crippen molar-refractivity contribution in [1.82, 2.24) is 10.3 Å². The molecule has 0 radical (unpaired) electrons. The van der Waals surface area contributed by atoms with Crippen molar-refractivity contribution in [3.8, 4) is 0 Å². The molecule has 0 fully saturated rings. The summed E-state index contributed by atoms with van der Waals surface area (Å²) in [5.74, 6) is 0. The SMILES string of the molecule is CC(N[C@@H](C)c1ccncc1)C(C)(C)O. The van der Waals surface area contributed by atoms with Gasteiger partial charge in [-0.05, 0) is 45.4 Å². The van der Waals surface area contributed by atoms with Gasteiger partial charge in [0.1, 0.15) is 0 Å². The quantitative estimate of drug-likeness (QED) is 0.794. The third-order valence-corrected chi connectivity index (χ3v) is 2.77. The van der Waals surface area contributed by atoms with Crippen LogP contribution in [0.4, 0.5) is 0 Å². The van der Waals surface area contributed by atoms with Crippen LogP contribution >= 0.6 is 0 Å². The fraction of sp³-hybridized carbons (Fsp3) is 0.583. The lowest BCUT2D eigenvalue weighted by Gasteiger charge is -2.30. The molecule has 1 rings (SSSR count). The number of rotatable bonds is 4. The van der Waals surface area contributed by atoms with Crippen molar-refractivity contribution in [1.29, 1.82) is 0 Å². The van der Waals surface area contributed by atoms with E-state index < -0.39 is 5.60 Å². The molecule has 1 unspecified atom stereocenters. The van der Waals surface area contributed by atoms with Crippen LogP contribution in [0, 0.1) is 0 Å².